The molecule has 2 rings (SSSR count). The Hall–Kier alpha value is -1.74. The molecule has 1 aromatic carbocycles. The van der Waals surface area contributed by atoms with Crippen molar-refractivity contribution in [2.45, 2.75) is 13.5 Å². The smallest absolute Gasteiger partial charge is 0.135 e. The molecule has 0 fully saturated rings. The van der Waals surface area contributed by atoms with Gasteiger partial charge in [-0.25, -0.2) is 4.98 Å². The van der Waals surface area contributed by atoms with Crippen LogP contribution in [0.4, 0.5) is 0 Å². The van der Waals surface area contributed by atoms with Crippen LogP contribution in [0.1, 0.15) is 12.5 Å². The van der Waals surface area contributed by atoms with Gasteiger partial charge in [0.25, 0.3) is 0 Å². The van der Waals surface area contributed by atoms with E-state index in [1.165, 1.54) is 0 Å². The molecule has 0 spiro atoms. The van der Waals surface area contributed by atoms with Gasteiger partial charge in [-0.2, -0.15) is 0 Å². The van der Waals surface area contributed by atoms with Gasteiger partial charge in [0.1, 0.15) is 23.3 Å². The fourth-order valence-corrected chi connectivity index (χ4v) is 1.68. The maximum Gasteiger partial charge on any atom is 0.135 e. The molecule has 1 aromatic heterocycles. The molecule has 0 N–H and O–H groups in total. The van der Waals surface area contributed by atoms with Crippen LogP contribution in [0.25, 0.3) is 0 Å². The Labute approximate surface area is 111 Å². The molecule has 0 aliphatic heterocycles. The van der Waals surface area contributed by atoms with Gasteiger partial charge in [0.05, 0.1) is 6.61 Å². The van der Waals surface area contributed by atoms with Crippen LogP contribution in [0.2, 0.25) is 5.15 Å². The topological polar surface area (TPSA) is 31.4 Å². The Morgan fingerprint density at radius 1 is 1.11 bits per heavy atom. The highest BCUT2D eigenvalue weighted by Crippen LogP contribution is 2.21. The van der Waals surface area contributed by atoms with Crippen molar-refractivity contribution in [1.82, 2.24) is 4.98 Å². The van der Waals surface area contributed by atoms with Gasteiger partial charge in [-0.15, -0.1) is 0 Å². The monoisotopic (exact) mass is 263 g/mol. The van der Waals surface area contributed by atoms with Crippen LogP contribution in [0.5, 0.6) is 11.5 Å². The fraction of sp³-hybridized carbons (Fsp3) is 0.214. The molecule has 18 heavy (non-hydrogen) atoms. The van der Waals surface area contributed by atoms with Crippen LogP contribution >= 0.6 is 11.6 Å². The summed E-state index contributed by atoms with van der Waals surface area (Å²) in [6.07, 6.45) is 1.65. The molecule has 2 aromatic rings. The first-order valence-electron chi connectivity index (χ1n) is 5.74. The third kappa shape index (κ3) is 3.37. The second kappa shape index (κ2) is 6.26. The maximum absolute atomic E-state index is 5.96. The molecular formula is C14H14ClNO2. The number of rotatable bonds is 5. The molecule has 4 heteroatoms. The summed E-state index contributed by atoms with van der Waals surface area (Å²) in [7, 11) is 0. The zero-order valence-corrected chi connectivity index (χ0v) is 10.9. The molecule has 0 saturated heterocycles. The largest absolute Gasteiger partial charge is 0.494 e. The number of halogens is 1. The summed E-state index contributed by atoms with van der Waals surface area (Å²) < 4.78 is 11.1. The molecule has 0 atom stereocenters. The first-order chi connectivity index (χ1) is 8.79. The highest BCUT2D eigenvalue weighted by Gasteiger charge is 2.02. The Morgan fingerprint density at radius 3 is 2.61 bits per heavy atom. The molecular weight excluding hydrogens is 250 g/mol. The summed E-state index contributed by atoms with van der Waals surface area (Å²) in [6, 6.07) is 11.3. The van der Waals surface area contributed by atoms with E-state index in [1.54, 1.807) is 6.20 Å². The van der Waals surface area contributed by atoms with Crippen LogP contribution in [0.15, 0.2) is 42.6 Å². The third-order valence-corrected chi connectivity index (χ3v) is 2.69. The van der Waals surface area contributed by atoms with Crippen molar-refractivity contribution in [2.75, 3.05) is 6.61 Å². The van der Waals surface area contributed by atoms with E-state index in [4.69, 9.17) is 21.1 Å². The van der Waals surface area contributed by atoms with Gasteiger partial charge < -0.3 is 9.47 Å². The number of nitrogens with zero attached hydrogens (tertiary/aromatic N) is 1. The summed E-state index contributed by atoms with van der Waals surface area (Å²) >= 11 is 5.96. The zero-order chi connectivity index (χ0) is 12.8. The van der Waals surface area contributed by atoms with Crippen molar-refractivity contribution in [3.63, 3.8) is 0 Å². The van der Waals surface area contributed by atoms with Gasteiger partial charge >= 0.3 is 0 Å². The fourth-order valence-electron chi connectivity index (χ4n) is 1.51. The van der Waals surface area contributed by atoms with E-state index in [0.29, 0.717) is 18.4 Å². The number of hydrogen-bond donors (Lipinski definition) is 0. The van der Waals surface area contributed by atoms with Crippen molar-refractivity contribution in [2.24, 2.45) is 0 Å². The highest BCUT2D eigenvalue weighted by molar-refractivity contribution is 6.30. The standard InChI is InChI=1S/C14H14ClNO2/c1-2-17-12-6-3-7-13(9-12)18-10-11-5-4-8-16-14(11)15/h3-9H,2,10H2,1H3. The van der Waals surface area contributed by atoms with Crippen molar-refractivity contribution >= 4 is 11.6 Å². The minimum atomic E-state index is 0.391. The lowest BCUT2D eigenvalue weighted by Gasteiger charge is -2.09. The normalized spacial score (nSPS) is 10.1. The summed E-state index contributed by atoms with van der Waals surface area (Å²) in [4.78, 5) is 4.00. The second-order valence-electron chi connectivity index (χ2n) is 3.65. The van der Waals surface area contributed by atoms with E-state index in [1.807, 2.05) is 43.3 Å². The van der Waals surface area contributed by atoms with Crippen molar-refractivity contribution in [3.05, 3.63) is 53.3 Å². The highest BCUT2D eigenvalue weighted by atomic mass is 35.5. The number of aromatic nitrogens is 1. The van der Waals surface area contributed by atoms with E-state index in [2.05, 4.69) is 4.98 Å². The second-order valence-corrected chi connectivity index (χ2v) is 4.01. The van der Waals surface area contributed by atoms with E-state index in [-0.39, 0.29) is 0 Å². The summed E-state index contributed by atoms with van der Waals surface area (Å²) in [6.45, 7) is 2.98. The molecule has 0 radical (unpaired) electrons. The van der Waals surface area contributed by atoms with Crippen LogP contribution in [-0.2, 0) is 6.61 Å². The third-order valence-electron chi connectivity index (χ3n) is 2.35. The Bertz CT molecular complexity index is 517. The number of benzene rings is 1. The summed E-state index contributed by atoms with van der Waals surface area (Å²) in [5.74, 6) is 1.55. The molecule has 0 amide bonds. The van der Waals surface area contributed by atoms with Crippen LogP contribution in [-0.4, -0.2) is 11.6 Å². The van der Waals surface area contributed by atoms with Crippen LogP contribution in [0, 0.1) is 0 Å². The quantitative estimate of drug-likeness (QED) is 0.771. The number of ether oxygens (including phenoxy) is 2. The van der Waals surface area contributed by atoms with Gasteiger partial charge in [0.2, 0.25) is 0 Å². The molecule has 1 heterocycles. The molecule has 0 aliphatic carbocycles. The minimum absolute atomic E-state index is 0.391. The van der Waals surface area contributed by atoms with E-state index < -0.39 is 0 Å². The van der Waals surface area contributed by atoms with Crippen LogP contribution in [0.3, 0.4) is 0 Å². The first kappa shape index (κ1) is 12.7. The maximum atomic E-state index is 5.96. The molecule has 94 valence electrons. The Kier molecular flexibility index (Phi) is 4.42. The Morgan fingerprint density at radius 2 is 1.89 bits per heavy atom. The lowest BCUT2D eigenvalue weighted by Crippen LogP contribution is -1.98. The first-order valence-corrected chi connectivity index (χ1v) is 6.12. The molecule has 0 unspecified atom stereocenters. The van der Waals surface area contributed by atoms with Crippen molar-refractivity contribution in [1.29, 1.82) is 0 Å². The van der Waals surface area contributed by atoms with Gasteiger partial charge in [0, 0.05) is 17.8 Å². The lowest BCUT2D eigenvalue weighted by molar-refractivity contribution is 0.299. The molecule has 0 bridgehead atoms. The average Bonchev–Trinajstić information content (AvgIpc) is 2.39. The SMILES string of the molecule is CCOc1cccc(OCc2cccnc2Cl)c1. The van der Waals surface area contributed by atoms with Gasteiger partial charge in [-0.05, 0) is 25.1 Å². The van der Waals surface area contributed by atoms with E-state index >= 15 is 0 Å². The van der Waals surface area contributed by atoms with Gasteiger partial charge in [-0.3, -0.25) is 0 Å². The van der Waals surface area contributed by atoms with Gasteiger partial charge in [0.15, 0.2) is 0 Å². The average molecular weight is 264 g/mol. The predicted octanol–water partition coefficient (Wildman–Crippen LogP) is 3.71. The van der Waals surface area contributed by atoms with Crippen LogP contribution < -0.4 is 9.47 Å². The zero-order valence-electron chi connectivity index (χ0n) is 10.1. The van der Waals surface area contributed by atoms with E-state index in [9.17, 15) is 0 Å². The van der Waals surface area contributed by atoms with Gasteiger partial charge in [-0.1, -0.05) is 23.7 Å². The molecule has 3 nitrogen and oxygen atoms in total. The van der Waals surface area contributed by atoms with Crippen molar-refractivity contribution in [3.8, 4) is 11.5 Å². The summed E-state index contributed by atoms with van der Waals surface area (Å²) in [5, 5.41) is 0.471. The lowest BCUT2D eigenvalue weighted by atomic mass is 10.3. The van der Waals surface area contributed by atoms with Crippen molar-refractivity contribution < 1.29 is 9.47 Å². The summed E-state index contributed by atoms with van der Waals surface area (Å²) in [5.41, 5.74) is 0.862. The number of pyridine rings is 1. The van der Waals surface area contributed by atoms with E-state index in [0.717, 1.165) is 17.1 Å². The minimum Gasteiger partial charge on any atom is -0.494 e. The number of hydrogen-bond acceptors (Lipinski definition) is 3. The molecule has 0 aliphatic rings. The predicted molar refractivity (Wildman–Crippen MR) is 71.2 cm³/mol. The Balaban J connectivity index is 2.02. The molecule has 0 saturated carbocycles.